The van der Waals surface area contributed by atoms with Crippen molar-refractivity contribution in [3.05, 3.63) is 65.5 Å². The third-order valence-electron chi connectivity index (χ3n) is 4.50. The Morgan fingerprint density at radius 2 is 2.19 bits per heavy atom. The van der Waals surface area contributed by atoms with Crippen molar-refractivity contribution >= 4 is 5.91 Å². The van der Waals surface area contributed by atoms with Gasteiger partial charge in [0.15, 0.2) is 0 Å². The molecule has 1 unspecified atom stereocenters. The number of pyridine rings is 1. The molecule has 4 rings (SSSR count). The minimum Gasteiger partial charge on any atom is -0.475 e. The lowest BCUT2D eigenvalue weighted by Crippen LogP contribution is -2.43. The zero-order chi connectivity index (χ0) is 18.1. The number of aromatic nitrogens is 3. The summed E-state index contributed by atoms with van der Waals surface area (Å²) in [6.45, 7) is 5.08. The van der Waals surface area contributed by atoms with E-state index in [1.807, 2.05) is 47.7 Å². The normalized spacial score (nSPS) is 16.4. The lowest BCUT2D eigenvalue weighted by molar-refractivity contribution is 0.0629. The lowest BCUT2D eigenvalue weighted by atomic mass is 10.1. The summed E-state index contributed by atoms with van der Waals surface area (Å²) in [6.07, 6.45) is 3.44. The number of carbonyl (C=O) groups is 1. The number of fused-ring (bicyclic) bond motifs is 1. The van der Waals surface area contributed by atoms with E-state index >= 15 is 0 Å². The van der Waals surface area contributed by atoms with Gasteiger partial charge >= 0.3 is 0 Å². The van der Waals surface area contributed by atoms with Crippen LogP contribution in [0.1, 0.15) is 33.6 Å². The molecule has 0 aromatic carbocycles. The minimum absolute atomic E-state index is 0.0327. The zero-order valence-corrected chi connectivity index (χ0v) is 14.8. The van der Waals surface area contributed by atoms with E-state index in [2.05, 4.69) is 10.1 Å². The van der Waals surface area contributed by atoms with Crippen LogP contribution in [0.3, 0.4) is 0 Å². The second-order valence-electron chi connectivity index (χ2n) is 6.41. The van der Waals surface area contributed by atoms with Gasteiger partial charge in [0.2, 0.25) is 5.88 Å². The number of nitrogens with zero attached hydrogens (tertiary/aromatic N) is 4. The number of furan rings is 1. The molecule has 0 spiro atoms. The van der Waals surface area contributed by atoms with Gasteiger partial charge in [0.25, 0.3) is 5.91 Å². The minimum atomic E-state index is -0.0759. The molecule has 1 atom stereocenters. The van der Waals surface area contributed by atoms with Gasteiger partial charge in [-0.25, -0.2) is 4.98 Å². The molecule has 7 heteroatoms. The van der Waals surface area contributed by atoms with Crippen molar-refractivity contribution in [3.63, 3.8) is 0 Å². The van der Waals surface area contributed by atoms with Crippen LogP contribution in [0.5, 0.6) is 5.88 Å². The van der Waals surface area contributed by atoms with Crippen LogP contribution in [0, 0.1) is 13.8 Å². The van der Waals surface area contributed by atoms with Crippen LogP contribution < -0.4 is 4.74 Å². The van der Waals surface area contributed by atoms with Crippen LogP contribution >= 0.6 is 0 Å². The van der Waals surface area contributed by atoms with Gasteiger partial charge in [-0.15, -0.1) is 0 Å². The molecule has 134 valence electrons. The van der Waals surface area contributed by atoms with Gasteiger partial charge in [-0.3, -0.25) is 9.48 Å². The van der Waals surface area contributed by atoms with Crippen molar-refractivity contribution in [1.29, 1.82) is 0 Å². The monoisotopic (exact) mass is 352 g/mol. The van der Waals surface area contributed by atoms with Gasteiger partial charge in [0.1, 0.15) is 24.2 Å². The molecular formula is C19H20N4O3. The molecule has 0 N–H and O–H groups in total. The standard InChI is InChI=1S/C19H20N4O3/c1-13-9-17(14(2)26-13)19(24)22-10-15-6-8-21-23(15)16(11-22)12-25-18-5-3-4-7-20-18/h3-9,16H,10-12H2,1-2H3. The average Bonchev–Trinajstić information content (AvgIpc) is 3.25. The molecular weight excluding hydrogens is 332 g/mol. The van der Waals surface area contributed by atoms with Crippen molar-refractivity contribution in [2.75, 3.05) is 13.2 Å². The Hall–Kier alpha value is -3.09. The highest BCUT2D eigenvalue weighted by atomic mass is 16.5. The van der Waals surface area contributed by atoms with Gasteiger partial charge in [0.05, 0.1) is 17.8 Å². The fourth-order valence-electron chi connectivity index (χ4n) is 3.29. The lowest BCUT2D eigenvalue weighted by Gasteiger charge is -2.33. The van der Waals surface area contributed by atoms with E-state index in [1.54, 1.807) is 18.5 Å². The van der Waals surface area contributed by atoms with Gasteiger partial charge in [0, 0.05) is 25.0 Å². The Morgan fingerprint density at radius 3 is 2.92 bits per heavy atom. The second-order valence-corrected chi connectivity index (χ2v) is 6.41. The maximum absolute atomic E-state index is 13.0. The fraction of sp³-hybridized carbons (Fsp3) is 0.316. The van der Waals surface area contributed by atoms with Crippen LogP contribution in [0.4, 0.5) is 0 Å². The summed E-state index contributed by atoms with van der Waals surface area (Å²) < 4.78 is 13.3. The molecule has 1 aliphatic heterocycles. The van der Waals surface area contributed by atoms with E-state index in [9.17, 15) is 4.79 Å². The van der Waals surface area contributed by atoms with E-state index in [0.29, 0.717) is 36.9 Å². The summed E-state index contributed by atoms with van der Waals surface area (Å²) in [6, 6.07) is 9.18. The van der Waals surface area contributed by atoms with Crippen molar-refractivity contribution in [2.24, 2.45) is 0 Å². The molecule has 7 nitrogen and oxygen atoms in total. The highest BCUT2D eigenvalue weighted by molar-refractivity contribution is 5.95. The first-order chi connectivity index (χ1) is 12.6. The number of hydrogen-bond acceptors (Lipinski definition) is 5. The van der Waals surface area contributed by atoms with Crippen molar-refractivity contribution in [3.8, 4) is 5.88 Å². The maximum Gasteiger partial charge on any atom is 0.257 e. The summed E-state index contributed by atoms with van der Waals surface area (Å²) in [7, 11) is 0. The predicted octanol–water partition coefficient (Wildman–Crippen LogP) is 2.76. The van der Waals surface area contributed by atoms with Gasteiger partial charge < -0.3 is 14.1 Å². The Labute approximate surface area is 151 Å². The summed E-state index contributed by atoms with van der Waals surface area (Å²) in [5.74, 6) is 1.91. The number of carbonyl (C=O) groups excluding carboxylic acids is 1. The van der Waals surface area contributed by atoms with Gasteiger partial charge in [-0.05, 0) is 32.0 Å². The fourth-order valence-corrected chi connectivity index (χ4v) is 3.29. The number of aryl methyl sites for hydroxylation is 2. The quantitative estimate of drug-likeness (QED) is 0.722. The third kappa shape index (κ3) is 3.08. The Morgan fingerprint density at radius 1 is 1.31 bits per heavy atom. The van der Waals surface area contributed by atoms with E-state index in [-0.39, 0.29) is 11.9 Å². The summed E-state index contributed by atoms with van der Waals surface area (Å²) >= 11 is 0. The molecule has 0 fully saturated rings. The summed E-state index contributed by atoms with van der Waals surface area (Å²) in [5, 5.41) is 4.40. The van der Waals surface area contributed by atoms with Crippen molar-refractivity contribution < 1.29 is 13.9 Å². The number of ether oxygens (including phenoxy) is 1. The van der Waals surface area contributed by atoms with Crippen LogP contribution in [-0.2, 0) is 6.54 Å². The van der Waals surface area contributed by atoms with Gasteiger partial charge in [-0.2, -0.15) is 5.10 Å². The van der Waals surface area contributed by atoms with Crippen molar-refractivity contribution in [1.82, 2.24) is 19.7 Å². The maximum atomic E-state index is 13.0. The first-order valence-electron chi connectivity index (χ1n) is 8.54. The van der Waals surface area contributed by atoms with E-state index in [1.165, 1.54) is 0 Å². The largest absolute Gasteiger partial charge is 0.475 e. The SMILES string of the molecule is Cc1cc(C(=O)N2Cc3ccnn3C(COc3ccccn3)C2)c(C)o1. The number of rotatable bonds is 4. The van der Waals surface area contributed by atoms with Crippen molar-refractivity contribution in [2.45, 2.75) is 26.4 Å². The van der Waals surface area contributed by atoms with E-state index in [4.69, 9.17) is 9.15 Å². The molecule has 4 heterocycles. The predicted molar refractivity (Wildman–Crippen MR) is 93.9 cm³/mol. The molecule has 0 aliphatic carbocycles. The Bertz CT molecular complexity index is 916. The van der Waals surface area contributed by atoms with Crippen LogP contribution in [0.2, 0.25) is 0 Å². The summed E-state index contributed by atoms with van der Waals surface area (Å²) in [4.78, 5) is 19.0. The zero-order valence-electron chi connectivity index (χ0n) is 14.8. The van der Waals surface area contributed by atoms with E-state index in [0.717, 1.165) is 11.5 Å². The molecule has 1 aliphatic rings. The van der Waals surface area contributed by atoms with E-state index < -0.39 is 0 Å². The Balaban J connectivity index is 1.54. The smallest absolute Gasteiger partial charge is 0.257 e. The van der Waals surface area contributed by atoms with Crippen LogP contribution in [0.25, 0.3) is 0 Å². The van der Waals surface area contributed by atoms with Gasteiger partial charge in [-0.1, -0.05) is 6.07 Å². The first-order valence-corrected chi connectivity index (χ1v) is 8.54. The molecule has 26 heavy (non-hydrogen) atoms. The molecule has 3 aromatic heterocycles. The first kappa shape index (κ1) is 16.4. The Kier molecular flexibility index (Phi) is 4.20. The molecule has 0 saturated heterocycles. The van der Waals surface area contributed by atoms with Crippen LogP contribution in [-0.4, -0.2) is 38.7 Å². The second kappa shape index (κ2) is 6.67. The molecule has 0 saturated carbocycles. The summed E-state index contributed by atoms with van der Waals surface area (Å²) in [5.41, 5.74) is 1.59. The molecule has 3 aromatic rings. The molecule has 1 amide bonds. The highest BCUT2D eigenvalue weighted by Crippen LogP contribution is 2.24. The molecule has 0 bridgehead atoms. The average molecular weight is 352 g/mol. The van der Waals surface area contributed by atoms with Crippen LogP contribution in [0.15, 0.2) is 47.1 Å². The third-order valence-corrected chi connectivity index (χ3v) is 4.50. The topological polar surface area (TPSA) is 73.4 Å². The molecule has 0 radical (unpaired) electrons. The number of hydrogen-bond donors (Lipinski definition) is 0. The highest BCUT2D eigenvalue weighted by Gasteiger charge is 2.31. The number of amides is 1.